The maximum absolute atomic E-state index is 12.6. The summed E-state index contributed by atoms with van der Waals surface area (Å²) in [6, 6.07) is 16.6. The number of nitrogens with zero attached hydrogens (tertiary/aromatic N) is 1. The van der Waals surface area contributed by atoms with Crippen LogP contribution in [0.25, 0.3) is 11.1 Å². The van der Waals surface area contributed by atoms with Gasteiger partial charge in [-0.25, -0.2) is 0 Å². The number of nitrogens with one attached hydrogen (secondary N) is 1. The van der Waals surface area contributed by atoms with Gasteiger partial charge in [0.15, 0.2) is 0 Å². The van der Waals surface area contributed by atoms with Crippen LogP contribution in [0, 0.1) is 11.8 Å². The Morgan fingerprint density at radius 2 is 1.52 bits per heavy atom. The van der Waals surface area contributed by atoms with E-state index in [-0.39, 0.29) is 11.8 Å². The lowest BCUT2D eigenvalue weighted by atomic mass is 9.86. The van der Waals surface area contributed by atoms with E-state index in [1.54, 1.807) is 0 Å². The monoisotopic (exact) mass is 364 g/mol. The van der Waals surface area contributed by atoms with Crippen molar-refractivity contribution in [1.82, 2.24) is 10.2 Å². The van der Waals surface area contributed by atoms with Crippen LogP contribution in [0.3, 0.4) is 0 Å². The molecule has 4 rings (SSSR count). The molecule has 6 heteroatoms. The molecule has 2 aromatic carbocycles. The number of fused-ring (bicyclic) bond motifs is 1. The van der Waals surface area contributed by atoms with E-state index in [9.17, 15) is 14.4 Å². The van der Waals surface area contributed by atoms with Crippen molar-refractivity contribution in [3.8, 4) is 11.1 Å². The van der Waals surface area contributed by atoms with Crippen LogP contribution >= 0.6 is 0 Å². The van der Waals surface area contributed by atoms with Crippen LogP contribution in [-0.2, 0) is 19.1 Å². The van der Waals surface area contributed by atoms with E-state index in [0.29, 0.717) is 0 Å². The van der Waals surface area contributed by atoms with Crippen LogP contribution in [-0.4, -0.2) is 42.9 Å². The highest BCUT2D eigenvalue weighted by atomic mass is 16.5. The van der Waals surface area contributed by atoms with Gasteiger partial charge in [-0.1, -0.05) is 54.6 Å². The molecule has 0 unspecified atom stereocenters. The molecule has 2 amide bonds. The van der Waals surface area contributed by atoms with Crippen LogP contribution in [0.5, 0.6) is 0 Å². The number of hydrogen-bond acceptors (Lipinski definition) is 5. The molecule has 1 N–H and O–H groups in total. The maximum atomic E-state index is 12.6. The molecule has 2 saturated heterocycles. The van der Waals surface area contributed by atoms with E-state index in [1.165, 1.54) is 14.2 Å². The van der Waals surface area contributed by atoms with Gasteiger partial charge in [-0.15, -0.1) is 0 Å². The number of carbonyl (C=O) groups excluding carboxylic acids is 3. The first-order valence-electron chi connectivity index (χ1n) is 8.83. The van der Waals surface area contributed by atoms with Crippen molar-refractivity contribution in [3.63, 3.8) is 0 Å². The van der Waals surface area contributed by atoms with E-state index < -0.39 is 29.9 Å². The summed E-state index contributed by atoms with van der Waals surface area (Å²) in [5.74, 6) is -2.45. The molecule has 2 aliphatic rings. The quantitative estimate of drug-likeness (QED) is 0.664. The first-order chi connectivity index (χ1) is 13.0. The van der Waals surface area contributed by atoms with Gasteiger partial charge in [0.2, 0.25) is 11.8 Å². The maximum Gasteiger partial charge on any atom is 0.323 e. The summed E-state index contributed by atoms with van der Waals surface area (Å²) in [5.41, 5.74) is 3.03. The number of imide groups is 1. The minimum absolute atomic E-state index is 0.263. The van der Waals surface area contributed by atoms with Crippen molar-refractivity contribution < 1.29 is 19.1 Å². The molecular formula is C21H20N2O4. The standard InChI is InChI=1S/C21H20N2O4/c1-23-19(24)15-16(20(23)25)18(21(26)27-2)22-17(15)14-10-8-13(9-11-14)12-6-4-3-5-7-12/h3-11,15-18,22H,1-2H3/t15-,16+,17-,18-/m1/s1. The topological polar surface area (TPSA) is 75.7 Å². The predicted octanol–water partition coefficient (Wildman–Crippen LogP) is 1.77. The number of likely N-dealkylation sites (tertiary alicyclic amines) is 1. The molecular weight excluding hydrogens is 344 g/mol. The molecule has 6 nitrogen and oxygen atoms in total. The lowest BCUT2D eigenvalue weighted by Crippen LogP contribution is -2.42. The zero-order chi connectivity index (χ0) is 19.1. The zero-order valence-corrected chi connectivity index (χ0v) is 15.1. The third-order valence-electron chi connectivity index (χ3n) is 5.53. The number of hydrogen-bond donors (Lipinski definition) is 1. The molecule has 0 aliphatic carbocycles. The van der Waals surface area contributed by atoms with Crippen molar-refractivity contribution in [1.29, 1.82) is 0 Å². The number of methoxy groups -OCH3 is 1. The fourth-order valence-corrected chi connectivity index (χ4v) is 4.12. The highest BCUT2D eigenvalue weighted by Crippen LogP contribution is 2.43. The van der Waals surface area contributed by atoms with E-state index in [1.807, 2.05) is 54.6 Å². The van der Waals surface area contributed by atoms with Gasteiger partial charge in [-0.3, -0.25) is 24.6 Å². The third kappa shape index (κ3) is 2.73. The van der Waals surface area contributed by atoms with Gasteiger partial charge in [0.25, 0.3) is 0 Å². The van der Waals surface area contributed by atoms with Crippen LogP contribution in [0.1, 0.15) is 11.6 Å². The van der Waals surface area contributed by atoms with Gasteiger partial charge >= 0.3 is 5.97 Å². The van der Waals surface area contributed by atoms with Gasteiger partial charge in [0.1, 0.15) is 6.04 Å². The normalized spacial score (nSPS) is 27.0. The van der Waals surface area contributed by atoms with E-state index in [2.05, 4.69) is 5.32 Å². The average molecular weight is 364 g/mol. The molecule has 2 heterocycles. The first-order valence-corrected chi connectivity index (χ1v) is 8.83. The molecule has 0 spiro atoms. The Labute approximate surface area is 157 Å². The summed E-state index contributed by atoms with van der Waals surface area (Å²) in [4.78, 5) is 38.4. The van der Waals surface area contributed by atoms with E-state index in [4.69, 9.17) is 4.74 Å². The number of rotatable bonds is 3. The fourth-order valence-electron chi connectivity index (χ4n) is 4.12. The van der Waals surface area contributed by atoms with Gasteiger partial charge in [0.05, 0.1) is 18.9 Å². The van der Waals surface area contributed by atoms with Crippen molar-refractivity contribution in [2.24, 2.45) is 11.8 Å². The summed E-state index contributed by atoms with van der Waals surface area (Å²) in [5, 5.41) is 3.16. The summed E-state index contributed by atoms with van der Waals surface area (Å²) in [7, 11) is 2.75. The van der Waals surface area contributed by atoms with Crippen LogP contribution in [0.2, 0.25) is 0 Å². The highest BCUT2D eigenvalue weighted by molar-refractivity contribution is 6.08. The van der Waals surface area contributed by atoms with Crippen LogP contribution < -0.4 is 5.32 Å². The Bertz CT molecular complexity index is 894. The number of amides is 2. The molecule has 0 saturated carbocycles. The van der Waals surface area contributed by atoms with Crippen LogP contribution in [0.4, 0.5) is 0 Å². The highest BCUT2D eigenvalue weighted by Gasteiger charge is 2.60. The number of carbonyl (C=O) groups is 3. The Hall–Kier alpha value is -2.99. The largest absolute Gasteiger partial charge is 0.468 e. The number of esters is 1. The second-order valence-corrected chi connectivity index (χ2v) is 6.92. The smallest absolute Gasteiger partial charge is 0.323 e. The first kappa shape index (κ1) is 17.4. The Morgan fingerprint density at radius 3 is 2.15 bits per heavy atom. The average Bonchev–Trinajstić information content (AvgIpc) is 3.21. The van der Waals surface area contributed by atoms with Gasteiger partial charge in [0, 0.05) is 13.1 Å². The second-order valence-electron chi connectivity index (χ2n) is 6.92. The Kier molecular flexibility index (Phi) is 4.28. The Morgan fingerprint density at radius 1 is 0.926 bits per heavy atom. The van der Waals surface area contributed by atoms with Crippen molar-refractivity contribution in [2.75, 3.05) is 14.2 Å². The molecule has 27 heavy (non-hydrogen) atoms. The van der Waals surface area contributed by atoms with E-state index >= 15 is 0 Å². The molecule has 4 atom stereocenters. The minimum atomic E-state index is -0.819. The van der Waals surface area contributed by atoms with Crippen molar-refractivity contribution in [2.45, 2.75) is 12.1 Å². The fraction of sp³-hybridized carbons (Fsp3) is 0.286. The van der Waals surface area contributed by atoms with Crippen molar-refractivity contribution in [3.05, 3.63) is 60.2 Å². The molecule has 0 aromatic heterocycles. The minimum Gasteiger partial charge on any atom is -0.468 e. The molecule has 2 aliphatic heterocycles. The molecule has 2 fully saturated rings. The SMILES string of the molecule is COC(=O)[C@@H]1N[C@H](c2ccc(-c3ccccc3)cc2)[C@@H]2C(=O)N(C)C(=O)[C@@H]21. The molecule has 0 radical (unpaired) electrons. The van der Waals surface area contributed by atoms with Gasteiger partial charge in [-0.05, 0) is 16.7 Å². The zero-order valence-electron chi connectivity index (χ0n) is 15.1. The molecule has 2 aromatic rings. The molecule has 0 bridgehead atoms. The summed E-state index contributed by atoms with van der Waals surface area (Å²) < 4.78 is 4.84. The molecule has 138 valence electrons. The lowest BCUT2D eigenvalue weighted by Gasteiger charge is -2.19. The summed E-state index contributed by atoms with van der Waals surface area (Å²) >= 11 is 0. The van der Waals surface area contributed by atoms with Gasteiger partial charge in [-0.2, -0.15) is 0 Å². The Balaban J connectivity index is 1.68. The van der Waals surface area contributed by atoms with Gasteiger partial charge < -0.3 is 4.74 Å². The van der Waals surface area contributed by atoms with Crippen LogP contribution in [0.15, 0.2) is 54.6 Å². The third-order valence-corrected chi connectivity index (χ3v) is 5.53. The summed E-state index contributed by atoms with van der Waals surface area (Å²) in [6.45, 7) is 0. The lowest BCUT2D eigenvalue weighted by molar-refractivity contribution is -0.147. The van der Waals surface area contributed by atoms with E-state index in [0.717, 1.165) is 21.6 Å². The summed E-state index contributed by atoms with van der Waals surface area (Å²) in [6.07, 6.45) is 0. The predicted molar refractivity (Wildman–Crippen MR) is 98.3 cm³/mol. The number of ether oxygens (including phenoxy) is 1. The number of benzene rings is 2. The second kappa shape index (κ2) is 6.63. The van der Waals surface area contributed by atoms with Crippen molar-refractivity contribution >= 4 is 17.8 Å².